The van der Waals surface area contributed by atoms with Crippen molar-refractivity contribution in [1.82, 2.24) is 24.6 Å². The topological polar surface area (TPSA) is 77.1 Å². The number of likely N-dealkylation sites (tertiary alicyclic amines) is 1. The summed E-state index contributed by atoms with van der Waals surface area (Å²) in [7, 11) is 0. The van der Waals surface area contributed by atoms with E-state index in [0.717, 1.165) is 38.2 Å². The first-order valence-corrected chi connectivity index (χ1v) is 9.20. The third-order valence-electron chi connectivity index (χ3n) is 4.76. The molecule has 136 valence electrons. The zero-order valence-electron chi connectivity index (χ0n) is 15.3. The van der Waals surface area contributed by atoms with Gasteiger partial charge in [0, 0.05) is 50.7 Å². The van der Waals surface area contributed by atoms with Crippen molar-refractivity contribution in [2.24, 2.45) is 0 Å². The number of hydrogen-bond acceptors (Lipinski definition) is 5. The van der Waals surface area contributed by atoms with Gasteiger partial charge in [0.25, 0.3) is 0 Å². The van der Waals surface area contributed by atoms with E-state index in [2.05, 4.69) is 26.6 Å². The number of nitrogens with zero attached hydrogens (tertiary/aromatic N) is 5. The Morgan fingerprint density at radius 1 is 1.44 bits per heavy atom. The molecule has 0 unspecified atom stereocenters. The summed E-state index contributed by atoms with van der Waals surface area (Å²) in [5.74, 6) is 2.73. The van der Waals surface area contributed by atoms with Crippen molar-refractivity contribution in [3.63, 3.8) is 0 Å². The van der Waals surface area contributed by atoms with Gasteiger partial charge in [-0.15, -0.1) is 0 Å². The molecule has 7 heteroatoms. The quantitative estimate of drug-likeness (QED) is 0.804. The predicted octanol–water partition coefficient (Wildman–Crippen LogP) is 2.75. The minimum absolute atomic E-state index is 0.159. The van der Waals surface area contributed by atoms with E-state index in [0.29, 0.717) is 30.6 Å². The lowest BCUT2D eigenvalue weighted by atomic mass is 10.0. The van der Waals surface area contributed by atoms with E-state index in [1.54, 1.807) is 0 Å². The van der Waals surface area contributed by atoms with Crippen molar-refractivity contribution in [2.75, 3.05) is 13.1 Å². The number of amides is 1. The van der Waals surface area contributed by atoms with Crippen LogP contribution in [0.2, 0.25) is 0 Å². The van der Waals surface area contributed by atoms with Gasteiger partial charge in [0.2, 0.25) is 11.8 Å². The summed E-state index contributed by atoms with van der Waals surface area (Å²) in [6.45, 7) is 7.73. The Labute approximate surface area is 148 Å². The molecule has 0 bridgehead atoms. The maximum Gasteiger partial charge on any atom is 0.227 e. The van der Waals surface area contributed by atoms with Gasteiger partial charge in [-0.05, 0) is 12.8 Å². The summed E-state index contributed by atoms with van der Waals surface area (Å²) in [6.07, 6.45) is 7.82. The van der Waals surface area contributed by atoms with Gasteiger partial charge in [0.1, 0.15) is 5.82 Å². The van der Waals surface area contributed by atoms with Crippen molar-refractivity contribution < 1.29 is 9.32 Å². The molecular weight excluding hydrogens is 318 g/mol. The predicted molar refractivity (Wildman–Crippen MR) is 93.2 cm³/mol. The maximum atomic E-state index is 12.6. The number of carbonyl (C=O) groups excluding carboxylic acids is 1. The molecule has 0 aromatic carbocycles. The molecule has 3 rings (SSSR count). The summed E-state index contributed by atoms with van der Waals surface area (Å²) in [5.41, 5.74) is 0. The van der Waals surface area contributed by atoms with Crippen molar-refractivity contribution in [2.45, 2.75) is 64.8 Å². The lowest BCUT2D eigenvalue weighted by molar-refractivity contribution is -0.132. The standard InChI is InChI=1S/C18H27N5O2/c1-4-15-19-9-11-23(15)14-6-5-10-22(12-14)17(24)8-7-16-20-18(13(2)3)21-25-16/h9,11,13-14H,4-8,10,12H2,1-3H3/t14-/m0/s1. The van der Waals surface area contributed by atoms with E-state index in [9.17, 15) is 4.79 Å². The summed E-state index contributed by atoms with van der Waals surface area (Å²) in [5, 5.41) is 3.95. The van der Waals surface area contributed by atoms with Crippen LogP contribution in [0.5, 0.6) is 0 Å². The second-order valence-corrected chi connectivity index (χ2v) is 6.94. The largest absolute Gasteiger partial charge is 0.341 e. The lowest BCUT2D eigenvalue weighted by Crippen LogP contribution is -2.41. The molecule has 1 aliphatic heterocycles. The van der Waals surface area contributed by atoms with Gasteiger partial charge < -0.3 is 14.0 Å². The third-order valence-corrected chi connectivity index (χ3v) is 4.76. The van der Waals surface area contributed by atoms with E-state index in [4.69, 9.17) is 4.52 Å². The molecule has 25 heavy (non-hydrogen) atoms. The molecule has 7 nitrogen and oxygen atoms in total. The van der Waals surface area contributed by atoms with Crippen LogP contribution in [0.1, 0.15) is 69.5 Å². The fourth-order valence-corrected chi connectivity index (χ4v) is 3.33. The van der Waals surface area contributed by atoms with Crippen molar-refractivity contribution >= 4 is 5.91 Å². The molecule has 0 radical (unpaired) electrons. The minimum atomic E-state index is 0.159. The Morgan fingerprint density at radius 3 is 3.00 bits per heavy atom. The van der Waals surface area contributed by atoms with Crippen LogP contribution in [-0.4, -0.2) is 43.6 Å². The first-order chi connectivity index (χ1) is 12.1. The zero-order chi connectivity index (χ0) is 17.8. The Hall–Kier alpha value is -2.18. The van der Waals surface area contributed by atoms with E-state index in [1.165, 1.54) is 0 Å². The molecule has 0 aliphatic carbocycles. The van der Waals surface area contributed by atoms with Crippen molar-refractivity contribution in [3.05, 3.63) is 29.9 Å². The summed E-state index contributed by atoms with van der Waals surface area (Å²) < 4.78 is 7.46. The van der Waals surface area contributed by atoms with E-state index in [-0.39, 0.29) is 11.8 Å². The zero-order valence-corrected chi connectivity index (χ0v) is 15.3. The van der Waals surface area contributed by atoms with Gasteiger partial charge in [-0.2, -0.15) is 4.98 Å². The van der Waals surface area contributed by atoms with E-state index in [1.807, 2.05) is 31.1 Å². The fourth-order valence-electron chi connectivity index (χ4n) is 3.33. The van der Waals surface area contributed by atoms with Gasteiger partial charge in [0.15, 0.2) is 5.82 Å². The van der Waals surface area contributed by atoms with Crippen LogP contribution >= 0.6 is 0 Å². The normalized spacial score (nSPS) is 18.1. The molecule has 0 N–H and O–H groups in total. The van der Waals surface area contributed by atoms with Crippen molar-refractivity contribution in [1.29, 1.82) is 0 Å². The number of carbonyl (C=O) groups is 1. The summed E-state index contributed by atoms with van der Waals surface area (Å²) in [6, 6.07) is 0.325. The molecule has 1 amide bonds. The average molecular weight is 345 g/mol. The van der Waals surface area contributed by atoms with Gasteiger partial charge in [-0.25, -0.2) is 4.98 Å². The molecule has 1 aliphatic rings. The summed E-state index contributed by atoms with van der Waals surface area (Å²) in [4.78, 5) is 23.3. The van der Waals surface area contributed by atoms with E-state index >= 15 is 0 Å². The Kier molecular flexibility index (Phi) is 5.50. The molecule has 1 saturated heterocycles. The monoisotopic (exact) mass is 345 g/mol. The van der Waals surface area contributed by atoms with Crippen LogP contribution in [0.15, 0.2) is 16.9 Å². The average Bonchev–Trinajstić information content (AvgIpc) is 3.28. The van der Waals surface area contributed by atoms with Crippen molar-refractivity contribution in [3.8, 4) is 0 Å². The second-order valence-electron chi connectivity index (χ2n) is 6.94. The smallest absolute Gasteiger partial charge is 0.227 e. The van der Waals surface area contributed by atoms with Crippen LogP contribution < -0.4 is 0 Å². The van der Waals surface area contributed by atoms with Gasteiger partial charge >= 0.3 is 0 Å². The highest BCUT2D eigenvalue weighted by atomic mass is 16.5. The third kappa shape index (κ3) is 4.08. The molecule has 0 spiro atoms. The van der Waals surface area contributed by atoms with Crippen LogP contribution in [0.3, 0.4) is 0 Å². The number of aromatic nitrogens is 4. The van der Waals surface area contributed by atoms with Crippen LogP contribution in [0.25, 0.3) is 0 Å². The number of aryl methyl sites for hydroxylation is 2. The Morgan fingerprint density at radius 2 is 2.28 bits per heavy atom. The maximum absolute atomic E-state index is 12.6. The molecule has 1 atom stereocenters. The molecule has 1 fully saturated rings. The molecule has 2 aromatic rings. The summed E-state index contributed by atoms with van der Waals surface area (Å²) >= 11 is 0. The Balaban J connectivity index is 1.56. The molecule has 3 heterocycles. The molecular formula is C18H27N5O2. The number of imidazole rings is 1. The number of piperidine rings is 1. The van der Waals surface area contributed by atoms with Crippen LogP contribution in [0, 0.1) is 0 Å². The minimum Gasteiger partial charge on any atom is -0.341 e. The highest BCUT2D eigenvalue weighted by Crippen LogP contribution is 2.23. The highest BCUT2D eigenvalue weighted by Gasteiger charge is 2.25. The molecule has 2 aromatic heterocycles. The fraction of sp³-hybridized carbons (Fsp3) is 0.667. The van der Waals surface area contributed by atoms with Gasteiger partial charge in [-0.1, -0.05) is 25.9 Å². The lowest BCUT2D eigenvalue weighted by Gasteiger charge is -2.34. The first-order valence-electron chi connectivity index (χ1n) is 9.20. The Bertz CT molecular complexity index is 706. The van der Waals surface area contributed by atoms with Gasteiger partial charge in [-0.3, -0.25) is 4.79 Å². The second kappa shape index (κ2) is 7.80. The molecule has 0 saturated carbocycles. The van der Waals surface area contributed by atoms with E-state index < -0.39 is 0 Å². The number of hydrogen-bond donors (Lipinski definition) is 0. The van der Waals surface area contributed by atoms with Crippen LogP contribution in [-0.2, 0) is 17.6 Å². The first kappa shape index (κ1) is 17.6. The SMILES string of the molecule is CCc1nccn1[C@H]1CCCN(C(=O)CCc2nc(C(C)C)no2)C1. The van der Waals surface area contributed by atoms with Gasteiger partial charge in [0.05, 0.1) is 6.04 Å². The van der Waals surface area contributed by atoms with Crippen LogP contribution in [0.4, 0.5) is 0 Å². The highest BCUT2D eigenvalue weighted by molar-refractivity contribution is 5.76. The number of rotatable bonds is 6.